The van der Waals surface area contributed by atoms with Gasteiger partial charge < -0.3 is 15.5 Å². The average Bonchev–Trinajstić information content (AvgIpc) is 2.68. The molecule has 2 aromatic carbocycles. The van der Waals surface area contributed by atoms with Crippen molar-refractivity contribution in [2.75, 3.05) is 20.1 Å². The van der Waals surface area contributed by atoms with E-state index in [9.17, 15) is 9.18 Å². The second kappa shape index (κ2) is 12.3. The molecule has 5 nitrogen and oxygen atoms in total. The molecular formula is C20H26FIN4O. The van der Waals surface area contributed by atoms with Crippen molar-refractivity contribution >= 4 is 35.8 Å². The third kappa shape index (κ3) is 7.94. The second-order valence-electron chi connectivity index (χ2n) is 5.80. The zero-order valence-electron chi connectivity index (χ0n) is 15.6. The summed E-state index contributed by atoms with van der Waals surface area (Å²) in [6.07, 6.45) is 0. The highest BCUT2D eigenvalue weighted by molar-refractivity contribution is 14.0. The van der Waals surface area contributed by atoms with Crippen molar-refractivity contribution in [3.8, 4) is 0 Å². The minimum absolute atomic E-state index is 0. The highest BCUT2D eigenvalue weighted by Gasteiger charge is 2.12. The topological polar surface area (TPSA) is 56.7 Å². The zero-order valence-corrected chi connectivity index (χ0v) is 17.9. The van der Waals surface area contributed by atoms with E-state index in [0.717, 1.165) is 11.1 Å². The van der Waals surface area contributed by atoms with Gasteiger partial charge in [0.15, 0.2) is 5.96 Å². The molecule has 7 heteroatoms. The number of hydrogen-bond acceptors (Lipinski definition) is 2. The summed E-state index contributed by atoms with van der Waals surface area (Å²) in [5.74, 6) is 0.263. The molecule has 2 rings (SSSR count). The molecule has 0 saturated heterocycles. The van der Waals surface area contributed by atoms with Crippen LogP contribution < -0.4 is 10.6 Å². The smallest absolute Gasteiger partial charge is 0.242 e. The molecule has 27 heavy (non-hydrogen) atoms. The Morgan fingerprint density at radius 2 is 1.70 bits per heavy atom. The van der Waals surface area contributed by atoms with Crippen LogP contribution in [0, 0.1) is 5.82 Å². The highest BCUT2D eigenvalue weighted by atomic mass is 127. The maximum absolute atomic E-state index is 12.9. The zero-order chi connectivity index (χ0) is 18.8. The van der Waals surface area contributed by atoms with Gasteiger partial charge in [-0.15, -0.1) is 24.0 Å². The first-order valence-corrected chi connectivity index (χ1v) is 8.63. The van der Waals surface area contributed by atoms with Crippen LogP contribution in [0.4, 0.5) is 4.39 Å². The van der Waals surface area contributed by atoms with Gasteiger partial charge in [0, 0.05) is 26.7 Å². The quantitative estimate of drug-likeness (QED) is 0.361. The summed E-state index contributed by atoms with van der Waals surface area (Å²) < 4.78 is 12.9. The Morgan fingerprint density at radius 1 is 1.04 bits per heavy atom. The number of carbonyl (C=O) groups is 1. The number of benzene rings is 2. The fourth-order valence-electron chi connectivity index (χ4n) is 2.46. The first-order chi connectivity index (χ1) is 12.6. The standard InChI is InChI=1S/C20H25FN4O.HI/c1-3-25(15-17-7-5-4-6-8-17)19(26)14-24-20(22-2)23-13-16-9-11-18(21)12-10-16;/h4-12H,3,13-15H2,1-2H3,(H2,22,23,24);1H. The van der Waals surface area contributed by atoms with E-state index in [1.165, 1.54) is 12.1 Å². The molecule has 0 radical (unpaired) electrons. The molecule has 0 aliphatic heterocycles. The molecule has 0 heterocycles. The largest absolute Gasteiger partial charge is 0.352 e. The molecule has 0 spiro atoms. The minimum atomic E-state index is -0.264. The summed E-state index contributed by atoms with van der Waals surface area (Å²) >= 11 is 0. The van der Waals surface area contributed by atoms with Crippen LogP contribution in [0.5, 0.6) is 0 Å². The number of amides is 1. The van der Waals surface area contributed by atoms with Gasteiger partial charge in [-0.3, -0.25) is 9.79 Å². The molecular weight excluding hydrogens is 458 g/mol. The number of carbonyl (C=O) groups excluding carboxylic acids is 1. The fraction of sp³-hybridized carbons (Fsp3) is 0.300. The Kier molecular flexibility index (Phi) is 10.4. The summed E-state index contributed by atoms with van der Waals surface area (Å²) in [6, 6.07) is 16.1. The third-order valence-corrected chi connectivity index (χ3v) is 3.95. The van der Waals surface area contributed by atoms with Crippen LogP contribution in [0.3, 0.4) is 0 Å². The molecule has 0 bridgehead atoms. The third-order valence-electron chi connectivity index (χ3n) is 3.95. The van der Waals surface area contributed by atoms with E-state index in [1.807, 2.05) is 37.3 Å². The summed E-state index contributed by atoms with van der Waals surface area (Å²) in [5, 5.41) is 6.14. The second-order valence-corrected chi connectivity index (χ2v) is 5.80. The van der Waals surface area contributed by atoms with Crippen molar-refractivity contribution in [1.82, 2.24) is 15.5 Å². The van der Waals surface area contributed by atoms with Crippen LogP contribution in [0.15, 0.2) is 59.6 Å². The van der Waals surface area contributed by atoms with Crippen LogP contribution >= 0.6 is 24.0 Å². The lowest BCUT2D eigenvalue weighted by atomic mass is 10.2. The van der Waals surface area contributed by atoms with Crippen LogP contribution in [-0.2, 0) is 17.9 Å². The normalized spacial score (nSPS) is 10.7. The molecule has 0 aliphatic rings. The number of likely N-dealkylation sites (N-methyl/N-ethyl adjacent to an activating group) is 1. The van der Waals surface area contributed by atoms with Crippen LogP contribution in [0.2, 0.25) is 0 Å². The molecule has 1 amide bonds. The molecule has 2 N–H and O–H groups in total. The maximum atomic E-state index is 12.9. The van der Waals surface area contributed by atoms with E-state index < -0.39 is 0 Å². The lowest BCUT2D eigenvalue weighted by Crippen LogP contribution is -2.44. The van der Waals surface area contributed by atoms with Crippen LogP contribution in [0.25, 0.3) is 0 Å². The van der Waals surface area contributed by atoms with Gasteiger partial charge in [-0.25, -0.2) is 4.39 Å². The van der Waals surface area contributed by atoms with Crippen molar-refractivity contribution in [3.63, 3.8) is 0 Å². The van der Waals surface area contributed by atoms with E-state index in [4.69, 9.17) is 0 Å². The van der Waals surface area contributed by atoms with Crippen molar-refractivity contribution < 1.29 is 9.18 Å². The van der Waals surface area contributed by atoms with Gasteiger partial charge in [-0.1, -0.05) is 42.5 Å². The van der Waals surface area contributed by atoms with Crippen LogP contribution in [0.1, 0.15) is 18.1 Å². The Balaban J connectivity index is 0.00000364. The Labute approximate surface area is 177 Å². The summed E-state index contributed by atoms with van der Waals surface area (Å²) in [5.41, 5.74) is 2.03. The van der Waals surface area contributed by atoms with Crippen molar-refractivity contribution in [2.24, 2.45) is 4.99 Å². The first-order valence-electron chi connectivity index (χ1n) is 8.63. The van der Waals surface area contributed by atoms with E-state index >= 15 is 0 Å². The highest BCUT2D eigenvalue weighted by Crippen LogP contribution is 2.04. The Bertz CT molecular complexity index is 723. The molecule has 2 aromatic rings. The summed E-state index contributed by atoms with van der Waals surface area (Å²) in [6.45, 7) is 3.83. The number of guanidine groups is 1. The molecule has 0 aromatic heterocycles. The molecule has 0 unspecified atom stereocenters. The van der Waals surface area contributed by atoms with Gasteiger partial charge in [0.05, 0.1) is 6.54 Å². The molecule has 0 aliphatic carbocycles. The molecule has 0 atom stereocenters. The van der Waals surface area contributed by atoms with E-state index in [-0.39, 0.29) is 42.2 Å². The van der Waals surface area contributed by atoms with Gasteiger partial charge >= 0.3 is 0 Å². The van der Waals surface area contributed by atoms with Gasteiger partial charge in [0.25, 0.3) is 0 Å². The monoisotopic (exact) mass is 484 g/mol. The van der Waals surface area contributed by atoms with Gasteiger partial charge in [-0.05, 0) is 30.2 Å². The van der Waals surface area contributed by atoms with Gasteiger partial charge in [0.2, 0.25) is 5.91 Å². The predicted octanol–water partition coefficient (Wildman–Crippen LogP) is 3.16. The van der Waals surface area contributed by atoms with Crippen molar-refractivity contribution in [3.05, 3.63) is 71.5 Å². The lowest BCUT2D eigenvalue weighted by molar-refractivity contribution is -0.130. The SMILES string of the molecule is CCN(Cc1ccccc1)C(=O)CNC(=NC)NCc1ccc(F)cc1.I. The van der Waals surface area contributed by atoms with Crippen molar-refractivity contribution in [1.29, 1.82) is 0 Å². The van der Waals surface area contributed by atoms with Gasteiger partial charge in [0.1, 0.15) is 5.82 Å². The minimum Gasteiger partial charge on any atom is -0.352 e. The predicted molar refractivity (Wildman–Crippen MR) is 118 cm³/mol. The van der Waals surface area contributed by atoms with Crippen molar-refractivity contribution in [2.45, 2.75) is 20.0 Å². The van der Waals surface area contributed by atoms with E-state index in [2.05, 4.69) is 15.6 Å². The first kappa shape index (κ1) is 22.9. The average molecular weight is 484 g/mol. The Morgan fingerprint density at radius 3 is 2.30 bits per heavy atom. The fourth-order valence-corrected chi connectivity index (χ4v) is 2.46. The number of aliphatic imine (C=N–C) groups is 1. The van der Waals surface area contributed by atoms with E-state index in [1.54, 1.807) is 24.1 Å². The molecule has 146 valence electrons. The van der Waals surface area contributed by atoms with Gasteiger partial charge in [-0.2, -0.15) is 0 Å². The number of rotatable bonds is 7. The van der Waals surface area contributed by atoms with E-state index in [0.29, 0.717) is 25.6 Å². The Hall–Kier alpha value is -2.16. The summed E-state index contributed by atoms with van der Waals surface area (Å²) in [7, 11) is 1.64. The maximum Gasteiger partial charge on any atom is 0.242 e. The lowest BCUT2D eigenvalue weighted by Gasteiger charge is -2.22. The molecule has 0 saturated carbocycles. The summed E-state index contributed by atoms with van der Waals surface area (Å²) in [4.78, 5) is 18.3. The van der Waals surface area contributed by atoms with Crippen LogP contribution in [-0.4, -0.2) is 36.9 Å². The number of nitrogens with one attached hydrogen (secondary N) is 2. The number of hydrogen-bond donors (Lipinski definition) is 2. The number of halogens is 2. The number of nitrogens with zero attached hydrogens (tertiary/aromatic N) is 2. The molecule has 0 fully saturated rings.